The molecule has 1 aromatic rings. The van der Waals surface area contributed by atoms with Crippen LogP contribution in [0.25, 0.3) is 0 Å². The second-order valence-electron chi connectivity index (χ2n) is 4.33. The summed E-state index contributed by atoms with van der Waals surface area (Å²) in [5.74, 6) is 0.369. The summed E-state index contributed by atoms with van der Waals surface area (Å²) in [5.41, 5.74) is 2.59. The highest BCUT2D eigenvalue weighted by Crippen LogP contribution is 2.28. The van der Waals surface area contributed by atoms with E-state index < -0.39 is 0 Å². The third-order valence-electron chi connectivity index (χ3n) is 3.48. The second kappa shape index (κ2) is 4.69. The number of carbonyl (C=O) groups excluding carboxylic acids is 1. The van der Waals surface area contributed by atoms with Gasteiger partial charge in [-0.2, -0.15) is 0 Å². The van der Waals surface area contributed by atoms with Gasteiger partial charge in [0.15, 0.2) is 0 Å². The van der Waals surface area contributed by atoms with E-state index in [-0.39, 0.29) is 5.92 Å². The smallest absolute Gasteiger partial charge is 0.230 e. The van der Waals surface area contributed by atoms with Crippen molar-refractivity contribution in [2.24, 2.45) is 0 Å². The van der Waals surface area contributed by atoms with Crippen molar-refractivity contribution in [2.45, 2.75) is 32.6 Å². The van der Waals surface area contributed by atoms with Crippen LogP contribution in [-0.4, -0.2) is 23.9 Å². The summed E-state index contributed by atoms with van der Waals surface area (Å²) >= 11 is 0. The Morgan fingerprint density at radius 1 is 1.31 bits per heavy atom. The third kappa shape index (κ3) is 1.84. The van der Waals surface area contributed by atoms with Crippen LogP contribution in [0.5, 0.6) is 0 Å². The summed E-state index contributed by atoms with van der Waals surface area (Å²) in [6.07, 6.45) is 1.89. The van der Waals surface area contributed by atoms with E-state index in [0.717, 1.165) is 25.9 Å². The Morgan fingerprint density at radius 3 is 2.75 bits per heavy atom. The minimum atomic E-state index is 0.0682. The monoisotopic (exact) mass is 217 g/mol. The summed E-state index contributed by atoms with van der Waals surface area (Å²) in [6.45, 7) is 5.84. The summed E-state index contributed by atoms with van der Waals surface area (Å²) in [5, 5.41) is 0. The Kier molecular flexibility index (Phi) is 3.28. The lowest BCUT2D eigenvalue weighted by molar-refractivity contribution is -0.132. The quantitative estimate of drug-likeness (QED) is 0.745. The fourth-order valence-corrected chi connectivity index (χ4v) is 2.53. The molecule has 2 rings (SSSR count). The highest BCUT2D eigenvalue weighted by atomic mass is 16.2. The first-order valence-electron chi connectivity index (χ1n) is 6.14. The van der Waals surface area contributed by atoms with Crippen molar-refractivity contribution in [2.75, 3.05) is 13.1 Å². The molecule has 16 heavy (non-hydrogen) atoms. The lowest BCUT2D eigenvalue weighted by Gasteiger charge is -2.22. The number of benzene rings is 1. The average Bonchev–Trinajstić information content (AvgIpc) is 2.45. The predicted molar refractivity (Wildman–Crippen MR) is 65.4 cm³/mol. The Morgan fingerprint density at radius 2 is 2.06 bits per heavy atom. The topological polar surface area (TPSA) is 20.3 Å². The molecule has 1 atom stereocenters. The van der Waals surface area contributed by atoms with Crippen LogP contribution in [0.15, 0.2) is 24.3 Å². The molecule has 0 saturated carbocycles. The minimum Gasteiger partial charge on any atom is -0.342 e. The predicted octanol–water partition coefficient (Wildman–Crippen LogP) is 2.58. The van der Waals surface area contributed by atoms with E-state index in [1.54, 1.807) is 0 Å². The molecule has 1 aliphatic heterocycles. The van der Waals surface area contributed by atoms with Crippen molar-refractivity contribution < 1.29 is 4.79 Å². The molecule has 0 bridgehead atoms. The van der Waals surface area contributed by atoms with Crippen LogP contribution in [0, 0.1) is 0 Å². The molecule has 1 aromatic carbocycles. The van der Waals surface area contributed by atoms with Gasteiger partial charge in [0.25, 0.3) is 0 Å². The van der Waals surface area contributed by atoms with Gasteiger partial charge in [0.05, 0.1) is 5.92 Å². The maximum Gasteiger partial charge on any atom is 0.230 e. The van der Waals surface area contributed by atoms with E-state index in [1.807, 2.05) is 11.0 Å². The van der Waals surface area contributed by atoms with Gasteiger partial charge in [0, 0.05) is 13.1 Å². The second-order valence-corrected chi connectivity index (χ2v) is 4.33. The number of likely N-dealkylation sites (N-methyl/N-ethyl adjacent to an activating group) is 1. The molecule has 1 heterocycles. The Hall–Kier alpha value is -1.31. The van der Waals surface area contributed by atoms with Crippen molar-refractivity contribution in [3.8, 4) is 0 Å². The van der Waals surface area contributed by atoms with E-state index in [9.17, 15) is 4.79 Å². The fraction of sp³-hybridized carbons (Fsp3) is 0.500. The summed E-state index contributed by atoms with van der Waals surface area (Å²) < 4.78 is 0. The third-order valence-corrected chi connectivity index (χ3v) is 3.48. The van der Waals surface area contributed by atoms with Crippen molar-refractivity contribution in [3.63, 3.8) is 0 Å². The van der Waals surface area contributed by atoms with Crippen LogP contribution in [-0.2, 0) is 11.2 Å². The molecule has 2 nitrogen and oxygen atoms in total. The number of hydrogen-bond acceptors (Lipinski definition) is 1. The van der Waals surface area contributed by atoms with E-state index >= 15 is 0 Å². The van der Waals surface area contributed by atoms with E-state index in [1.165, 1.54) is 11.1 Å². The first-order chi connectivity index (χ1) is 7.77. The molecule has 86 valence electrons. The maximum absolute atomic E-state index is 12.3. The van der Waals surface area contributed by atoms with Gasteiger partial charge in [0.1, 0.15) is 0 Å². The molecule has 0 fully saturated rings. The largest absolute Gasteiger partial charge is 0.342 e. The molecule has 0 saturated heterocycles. The number of nitrogens with zero attached hydrogens (tertiary/aromatic N) is 1. The number of fused-ring (bicyclic) bond motifs is 1. The highest BCUT2D eigenvalue weighted by molar-refractivity contribution is 5.84. The lowest BCUT2D eigenvalue weighted by atomic mass is 9.91. The van der Waals surface area contributed by atoms with Gasteiger partial charge in [0.2, 0.25) is 5.91 Å². The van der Waals surface area contributed by atoms with Gasteiger partial charge in [-0.1, -0.05) is 31.2 Å². The fourth-order valence-electron chi connectivity index (χ4n) is 2.53. The number of hydrogen-bond donors (Lipinski definition) is 0. The highest BCUT2D eigenvalue weighted by Gasteiger charge is 2.28. The van der Waals surface area contributed by atoms with Crippen molar-refractivity contribution >= 4 is 5.91 Å². The van der Waals surface area contributed by atoms with Crippen LogP contribution >= 0.6 is 0 Å². The van der Waals surface area contributed by atoms with Crippen molar-refractivity contribution in [1.82, 2.24) is 4.90 Å². The van der Waals surface area contributed by atoms with Gasteiger partial charge in [-0.05, 0) is 30.9 Å². The molecule has 1 unspecified atom stereocenters. The molecule has 0 spiro atoms. The molecule has 0 N–H and O–H groups in total. The number of amides is 1. The van der Waals surface area contributed by atoms with Crippen LogP contribution in [0.3, 0.4) is 0 Å². The Bertz CT molecular complexity index is 386. The summed E-state index contributed by atoms with van der Waals surface area (Å²) in [4.78, 5) is 14.3. The standard InChI is InChI=1S/C14H19NO/c1-3-12-13-8-6-5-7-11(13)9-10-15(4-2)14(12)16/h5-8,12H,3-4,9-10H2,1-2H3. The molecule has 1 aliphatic rings. The SMILES string of the molecule is CCC1C(=O)N(CC)CCc2ccccc21. The summed E-state index contributed by atoms with van der Waals surface area (Å²) in [7, 11) is 0. The molecule has 0 radical (unpaired) electrons. The van der Waals surface area contributed by atoms with Crippen LogP contribution in [0.2, 0.25) is 0 Å². The molecule has 0 aromatic heterocycles. The zero-order chi connectivity index (χ0) is 11.5. The van der Waals surface area contributed by atoms with E-state index in [2.05, 4.69) is 32.0 Å². The van der Waals surface area contributed by atoms with Gasteiger partial charge in [-0.15, -0.1) is 0 Å². The Balaban J connectivity index is 2.41. The van der Waals surface area contributed by atoms with Crippen LogP contribution in [0.4, 0.5) is 0 Å². The first kappa shape index (κ1) is 11.2. The lowest BCUT2D eigenvalue weighted by Crippen LogP contribution is -2.34. The maximum atomic E-state index is 12.3. The van der Waals surface area contributed by atoms with E-state index in [0.29, 0.717) is 5.91 Å². The van der Waals surface area contributed by atoms with Gasteiger partial charge in [-0.3, -0.25) is 4.79 Å². The molecular formula is C14H19NO. The van der Waals surface area contributed by atoms with E-state index in [4.69, 9.17) is 0 Å². The molecule has 2 heteroatoms. The summed E-state index contributed by atoms with van der Waals surface area (Å²) in [6, 6.07) is 8.37. The van der Waals surface area contributed by atoms with Crippen LogP contribution in [0.1, 0.15) is 37.3 Å². The molecule has 1 amide bonds. The zero-order valence-electron chi connectivity index (χ0n) is 10.1. The van der Waals surface area contributed by atoms with Crippen LogP contribution < -0.4 is 0 Å². The molecule has 0 aliphatic carbocycles. The Labute approximate surface area is 97.3 Å². The van der Waals surface area contributed by atoms with Gasteiger partial charge < -0.3 is 4.90 Å². The zero-order valence-corrected chi connectivity index (χ0v) is 10.1. The van der Waals surface area contributed by atoms with Gasteiger partial charge >= 0.3 is 0 Å². The van der Waals surface area contributed by atoms with Crippen molar-refractivity contribution in [3.05, 3.63) is 35.4 Å². The number of carbonyl (C=O) groups is 1. The van der Waals surface area contributed by atoms with Gasteiger partial charge in [-0.25, -0.2) is 0 Å². The minimum absolute atomic E-state index is 0.0682. The van der Waals surface area contributed by atoms with Crippen molar-refractivity contribution in [1.29, 1.82) is 0 Å². The first-order valence-corrected chi connectivity index (χ1v) is 6.14. The normalized spacial score (nSPS) is 20.5. The molecular weight excluding hydrogens is 198 g/mol. The number of rotatable bonds is 2. The average molecular weight is 217 g/mol.